The molecule has 1 amide bonds. The van der Waals surface area contributed by atoms with Crippen LogP contribution in [-0.2, 0) is 14.3 Å². The SMILES string of the molecule is CCOC1CC(N)(C(=O)N(C)C(C)C(=O)O)C1(C)C. The summed E-state index contributed by atoms with van der Waals surface area (Å²) >= 11 is 0. The summed E-state index contributed by atoms with van der Waals surface area (Å²) in [5, 5.41) is 8.96. The Morgan fingerprint density at radius 3 is 2.42 bits per heavy atom. The van der Waals surface area contributed by atoms with E-state index < -0.39 is 23.0 Å². The number of hydrogen-bond donors (Lipinski definition) is 2. The van der Waals surface area contributed by atoms with E-state index in [9.17, 15) is 9.59 Å². The van der Waals surface area contributed by atoms with Crippen LogP contribution in [0.2, 0.25) is 0 Å². The predicted molar refractivity (Wildman–Crippen MR) is 70.6 cm³/mol. The summed E-state index contributed by atoms with van der Waals surface area (Å²) in [6.45, 7) is 7.70. The number of aliphatic carboxylic acids is 1. The lowest BCUT2D eigenvalue weighted by molar-refractivity contribution is -0.181. The second-order valence-electron chi connectivity index (χ2n) is 5.77. The Kier molecular flexibility index (Phi) is 4.27. The van der Waals surface area contributed by atoms with Crippen molar-refractivity contribution in [1.82, 2.24) is 4.90 Å². The van der Waals surface area contributed by atoms with E-state index in [1.54, 1.807) is 0 Å². The van der Waals surface area contributed by atoms with Gasteiger partial charge in [0, 0.05) is 25.5 Å². The molecule has 3 atom stereocenters. The van der Waals surface area contributed by atoms with E-state index in [-0.39, 0.29) is 12.0 Å². The lowest BCUT2D eigenvalue weighted by Gasteiger charge is -2.58. The van der Waals surface area contributed by atoms with Crippen molar-refractivity contribution in [1.29, 1.82) is 0 Å². The maximum Gasteiger partial charge on any atom is 0.326 e. The Bertz CT molecular complexity index is 383. The molecule has 3 N–H and O–H groups in total. The zero-order valence-corrected chi connectivity index (χ0v) is 12.3. The van der Waals surface area contributed by atoms with E-state index in [0.717, 1.165) is 0 Å². The summed E-state index contributed by atoms with van der Waals surface area (Å²) in [5.41, 5.74) is 4.65. The number of carboxylic acids is 1. The quantitative estimate of drug-likeness (QED) is 0.758. The summed E-state index contributed by atoms with van der Waals surface area (Å²) in [5.74, 6) is -1.39. The highest BCUT2D eigenvalue weighted by atomic mass is 16.5. The van der Waals surface area contributed by atoms with Gasteiger partial charge in [-0.3, -0.25) is 4.79 Å². The van der Waals surface area contributed by atoms with Crippen molar-refractivity contribution in [3.63, 3.8) is 0 Å². The van der Waals surface area contributed by atoms with Crippen LogP contribution in [0.25, 0.3) is 0 Å². The molecule has 19 heavy (non-hydrogen) atoms. The summed E-state index contributed by atoms with van der Waals surface area (Å²) in [7, 11) is 1.47. The van der Waals surface area contributed by atoms with Gasteiger partial charge in [0.1, 0.15) is 11.6 Å². The van der Waals surface area contributed by atoms with E-state index in [0.29, 0.717) is 13.0 Å². The van der Waals surface area contributed by atoms with Crippen molar-refractivity contribution in [2.75, 3.05) is 13.7 Å². The molecule has 0 aromatic rings. The molecule has 0 aromatic heterocycles. The van der Waals surface area contributed by atoms with Crippen LogP contribution >= 0.6 is 0 Å². The third kappa shape index (κ3) is 2.34. The Morgan fingerprint density at radius 1 is 1.53 bits per heavy atom. The van der Waals surface area contributed by atoms with Gasteiger partial charge in [-0.25, -0.2) is 4.79 Å². The van der Waals surface area contributed by atoms with Gasteiger partial charge in [-0.1, -0.05) is 13.8 Å². The van der Waals surface area contributed by atoms with Crippen molar-refractivity contribution in [2.24, 2.45) is 11.1 Å². The molecule has 1 aliphatic rings. The summed E-state index contributed by atoms with van der Waals surface area (Å²) in [6, 6.07) is -0.894. The zero-order chi connectivity index (χ0) is 15.0. The Balaban J connectivity index is 2.86. The van der Waals surface area contributed by atoms with Crippen molar-refractivity contribution >= 4 is 11.9 Å². The minimum atomic E-state index is -1.06. The average Bonchev–Trinajstić information content (AvgIpc) is 2.35. The molecule has 1 fully saturated rings. The number of carbonyl (C=O) groups excluding carboxylic acids is 1. The number of nitrogens with two attached hydrogens (primary N) is 1. The predicted octanol–water partition coefficient (Wildman–Crippen LogP) is 0.450. The van der Waals surface area contributed by atoms with Crippen molar-refractivity contribution in [3.8, 4) is 0 Å². The first kappa shape index (κ1) is 15.9. The minimum absolute atomic E-state index is 0.0695. The molecule has 0 heterocycles. The van der Waals surface area contributed by atoms with E-state index in [4.69, 9.17) is 15.6 Å². The second-order valence-corrected chi connectivity index (χ2v) is 5.77. The third-order valence-corrected chi connectivity index (χ3v) is 4.47. The van der Waals surface area contributed by atoms with Crippen molar-refractivity contribution in [3.05, 3.63) is 0 Å². The van der Waals surface area contributed by atoms with Gasteiger partial charge in [0.05, 0.1) is 6.10 Å². The van der Waals surface area contributed by atoms with E-state index >= 15 is 0 Å². The molecule has 1 aliphatic carbocycles. The number of rotatable bonds is 5. The van der Waals surface area contributed by atoms with E-state index in [1.165, 1.54) is 18.9 Å². The summed E-state index contributed by atoms with van der Waals surface area (Å²) in [4.78, 5) is 24.6. The van der Waals surface area contributed by atoms with Gasteiger partial charge in [-0.2, -0.15) is 0 Å². The maximum atomic E-state index is 12.4. The Hall–Kier alpha value is -1.14. The minimum Gasteiger partial charge on any atom is -0.480 e. The van der Waals surface area contributed by atoms with E-state index in [1.807, 2.05) is 20.8 Å². The monoisotopic (exact) mass is 272 g/mol. The average molecular weight is 272 g/mol. The summed E-state index contributed by atoms with van der Waals surface area (Å²) < 4.78 is 5.56. The largest absolute Gasteiger partial charge is 0.480 e. The van der Waals surface area contributed by atoms with Crippen LogP contribution in [-0.4, -0.2) is 53.2 Å². The van der Waals surface area contributed by atoms with Crippen LogP contribution in [0.1, 0.15) is 34.1 Å². The molecule has 1 saturated carbocycles. The fourth-order valence-electron chi connectivity index (χ4n) is 2.45. The fourth-order valence-corrected chi connectivity index (χ4v) is 2.45. The molecule has 6 heteroatoms. The van der Waals surface area contributed by atoms with Crippen molar-refractivity contribution in [2.45, 2.75) is 51.8 Å². The molecule has 0 radical (unpaired) electrons. The Morgan fingerprint density at radius 2 is 2.05 bits per heavy atom. The molecule has 0 aromatic carbocycles. The molecule has 0 spiro atoms. The standard InChI is InChI=1S/C13H24N2O4/c1-6-19-9-7-13(14,12(9,3)4)11(18)15(5)8(2)10(16)17/h8-9H,6-7,14H2,1-5H3,(H,16,17). The van der Waals surface area contributed by atoms with Crippen molar-refractivity contribution < 1.29 is 19.4 Å². The topological polar surface area (TPSA) is 92.9 Å². The normalized spacial score (nSPS) is 30.3. The lowest BCUT2D eigenvalue weighted by atomic mass is 9.54. The molecule has 1 rings (SSSR count). The highest BCUT2D eigenvalue weighted by Gasteiger charge is 2.63. The fraction of sp³-hybridized carbons (Fsp3) is 0.846. The highest BCUT2D eigenvalue weighted by Crippen LogP contribution is 2.50. The number of carboxylic acid groups (broad SMARTS) is 1. The van der Waals surface area contributed by atoms with E-state index in [2.05, 4.69) is 0 Å². The van der Waals surface area contributed by atoms with Crippen LogP contribution in [0.3, 0.4) is 0 Å². The first-order valence-corrected chi connectivity index (χ1v) is 6.50. The third-order valence-electron chi connectivity index (χ3n) is 4.47. The van der Waals surface area contributed by atoms with Crippen LogP contribution in [0.15, 0.2) is 0 Å². The second kappa shape index (κ2) is 5.09. The van der Waals surface area contributed by atoms with Crippen LogP contribution in [0, 0.1) is 5.41 Å². The summed E-state index contributed by atoms with van der Waals surface area (Å²) in [6.07, 6.45) is 0.351. The zero-order valence-electron chi connectivity index (χ0n) is 12.3. The van der Waals surface area contributed by atoms with Gasteiger partial charge < -0.3 is 20.5 Å². The number of amides is 1. The number of hydrogen-bond acceptors (Lipinski definition) is 4. The Labute approximate surface area is 113 Å². The van der Waals surface area contributed by atoms with Gasteiger partial charge >= 0.3 is 5.97 Å². The van der Waals surface area contributed by atoms with Crippen LogP contribution < -0.4 is 5.73 Å². The molecule has 0 bridgehead atoms. The number of likely N-dealkylation sites (N-methyl/N-ethyl adjacent to an activating group) is 1. The molecule has 0 saturated heterocycles. The first-order chi connectivity index (χ1) is 8.59. The highest BCUT2D eigenvalue weighted by molar-refractivity contribution is 5.91. The van der Waals surface area contributed by atoms with Gasteiger partial charge in [-0.15, -0.1) is 0 Å². The number of carbonyl (C=O) groups is 2. The molecule has 0 aliphatic heterocycles. The molecule has 110 valence electrons. The van der Waals surface area contributed by atoms with Gasteiger partial charge in [-0.05, 0) is 13.8 Å². The molecule has 3 unspecified atom stereocenters. The maximum absolute atomic E-state index is 12.4. The number of ether oxygens (including phenoxy) is 1. The molecular formula is C13H24N2O4. The van der Waals surface area contributed by atoms with Gasteiger partial charge in [0.2, 0.25) is 5.91 Å². The van der Waals surface area contributed by atoms with Crippen LogP contribution in [0.5, 0.6) is 0 Å². The van der Waals surface area contributed by atoms with Crippen LogP contribution in [0.4, 0.5) is 0 Å². The van der Waals surface area contributed by atoms with Gasteiger partial charge in [0.25, 0.3) is 0 Å². The molecular weight excluding hydrogens is 248 g/mol. The lowest BCUT2D eigenvalue weighted by Crippen LogP contribution is -2.76. The number of nitrogens with zero attached hydrogens (tertiary/aromatic N) is 1. The first-order valence-electron chi connectivity index (χ1n) is 6.50. The van der Waals surface area contributed by atoms with Gasteiger partial charge in [0.15, 0.2) is 0 Å². The smallest absolute Gasteiger partial charge is 0.326 e. The molecule has 6 nitrogen and oxygen atoms in total.